The van der Waals surface area contributed by atoms with Crippen LogP contribution in [0.15, 0.2) is 114 Å². The summed E-state index contributed by atoms with van der Waals surface area (Å²) in [5.74, 6) is 0. The third-order valence-corrected chi connectivity index (χ3v) is 12.1. The molecule has 9 heteroatoms. The number of pyridine rings is 2. The maximum atomic E-state index is 14.4. The zero-order chi connectivity index (χ0) is 33.1. The Kier molecular flexibility index (Phi) is 4.02. The molecule has 0 N–H and O–H groups in total. The summed E-state index contributed by atoms with van der Waals surface area (Å²) in [4.78, 5) is 67.2. The molecule has 2 aliphatic heterocycles. The predicted molar refractivity (Wildman–Crippen MR) is 196 cm³/mol. The van der Waals surface area contributed by atoms with E-state index in [1.807, 2.05) is 85.0 Å². The molecule has 4 atom stereocenters. The van der Waals surface area contributed by atoms with E-state index in [-0.39, 0.29) is 46.4 Å². The Balaban J connectivity index is 1.38. The summed E-state index contributed by atoms with van der Waals surface area (Å²) in [6, 6.07) is 10.9. The summed E-state index contributed by atoms with van der Waals surface area (Å²) in [6.45, 7) is 0. The summed E-state index contributed by atoms with van der Waals surface area (Å²) < 4.78 is 4.75. The lowest BCUT2D eigenvalue weighted by Gasteiger charge is -2.23. The van der Waals surface area contributed by atoms with Crippen LogP contribution in [0.25, 0.3) is 86.2 Å². The first-order valence-corrected chi connectivity index (χ1v) is 16.8. The molecule has 4 unspecified atom stereocenters. The number of hydrogen-bond acceptors (Lipinski definition) is 6. The van der Waals surface area contributed by atoms with Gasteiger partial charge in [-0.15, -0.1) is 0 Å². The van der Waals surface area contributed by atoms with Gasteiger partial charge in [0.2, 0.25) is 0 Å². The highest BCUT2D eigenvalue weighted by atomic mass is 16.2. The largest absolute Gasteiger partial charge is 0.283 e. The van der Waals surface area contributed by atoms with Crippen molar-refractivity contribution in [2.75, 3.05) is 0 Å². The number of benzene rings is 6. The number of nitrogens with zero attached hydrogens (tertiary/aromatic N) is 5. The Morgan fingerprint density at radius 1 is 0.440 bits per heavy atom. The summed E-state index contributed by atoms with van der Waals surface area (Å²) in [5.41, 5.74) is 0.219. The maximum absolute atomic E-state index is 14.4. The third kappa shape index (κ3) is 2.49. The molecule has 0 saturated heterocycles. The fraction of sp³-hybridized carbons (Fsp3) is 0.122. The fourth-order valence-electron chi connectivity index (χ4n) is 10.0. The minimum absolute atomic E-state index is 0.108. The van der Waals surface area contributed by atoms with Gasteiger partial charge >= 0.3 is 0 Å². The molecule has 9 nitrogen and oxygen atoms in total. The van der Waals surface area contributed by atoms with Crippen molar-refractivity contribution in [2.45, 2.75) is 24.2 Å². The van der Waals surface area contributed by atoms with Gasteiger partial charge in [0.15, 0.2) is 0 Å². The van der Waals surface area contributed by atoms with Crippen molar-refractivity contribution < 1.29 is 0 Å². The van der Waals surface area contributed by atoms with E-state index in [1.54, 1.807) is 9.13 Å². The summed E-state index contributed by atoms with van der Waals surface area (Å²) >= 11 is 0. The van der Waals surface area contributed by atoms with Gasteiger partial charge in [-0.3, -0.25) is 42.9 Å². The SMILES string of the molecule is Cn1c(=O)c2c3cc4c5n(c(=O)c6ccc7c8ccc9c(=O)n%10c(c%11cc(c2c1=O)c(c8c9%11)c3c7c64)=NC1C=CC=CC1%10)C1C=CC=CC1N=5. The zero-order valence-corrected chi connectivity index (χ0v) is 26.3. The molecule has 5 heterocycles. The minimum atomic E-state index is -0.364. The monoisotopic (exact) mass is 647 g/mol. The van der Waals surface area contributed by atoms with Crippen LogP contribution < -0.4 is 33.2 Å². The average Bonchev–Trinajstić information content (AvgIpc) is 3.80. The molecule has 0 saturated carbocycles. The van der Waals surface area contributed by atoms with Crippen LogP contribution in [0.3, 0.4) is 0 Å². The molecule has 0 spiro atoms. The lowest BCUT2D eigenvalue weighted by molar-refractivity contribution is 0.577. The Hall–Kier alpha value is -6.48. The van der Waals surface area contributed by atoms with Crippen LogP contribution in [-0.2, 0) is 7.05 Å². The number of rotatable bonds is 0. The minimum Gasteiger partial charge on any atom is -0.283 e. The molecule has 50 heavy (non-hydrogen) atoms. The van der Waals surface area contributed by atoms with Crippen molar-refractivity contribution in [3.8, 4) is 0 Å². The summed E-state index contributed by atoms with van der Waals surface area (Å²) in [6.07, 6.45) is 15.8. The van der Waals surface area contributed by atoms with Gasteiger partial charge in [-0.05, 0) is 67.4 Å². The van der Waals surface area contributed by atoms with E-state index in [1.165, 1.54) is 11.6 Å². The van der Waals surface area contributed by atoms with E-state index in [4.69, 9.17) is 9.98 Å². The molecule has 0 bridgehead atoms. The fourth-order valence-corrected chi connectivity index (χ4v) is 10.0. The van der Waals surface area contributed by atoms with Crippen LogP contribution in [0.1, 0.15) is 12.1 Å². The second-order valence-electron chi connectivity index (χ2n) is 14.2. The highest BCUT2D eigenvalue weighted by molar-refractivity contribution is 6.48. The lowest BCUT2D eigenvalue weighted by atomic mass is 9.81. The van der Waals surface area contributed by atoms with Crippen LogP contribution in [0.5, 0.6) is 0 Å². The maximum Gasteiger partial charge on any atom is 0.261 e. The highest BCUT2D eigenvalue weighted by Crippen LogP contribution is 2.50. The quantitative estimate of drug-likeness (QED) is 0.180. The molecule has 2 aliphatic carbocycles. The van der Waals surface area contributed by atoms with E-state index in [0.717, 1.165) is 53.9 Å². The number of hydrogen-bond donors (Lipinski definition) is 0. The van der Waals surface area contributed by atoms with Gasteiger partial charge in [0.05, 0.1) is 34.9 Å². The second kappa shape index (κ2) is 7.87. The molecular weight excluding hydrogens is 626 g/mol. The molecule has 9 aromatic rings. The Morgan fingerprint density at radius 3 is 1.30 bits per heavy atom. The van der Waals surface area contributed by atoms with Crippen LogP contribution >= 0.6 is 0 Å². The van der Waals surface area contributed by atoms with E-state index >= 15 is 0 Å². The second-order valence-corrected chi connectivity index (χ2v) is 14.2. The van der Waals surface area contributed by atoms with Gasteiger partial charge < -0.3 is 0 Å². The van der Waals surface area contributed by atoms with Gasteiger partial charge in [0, 0.05) is 39.4 Å². The average molecular weight is 648 g/mol. The van der Waals surface area contributed by atoms with Gasteiger partial charge in [-0.25, -0.2) is 0 Å². The number of aromatic nitrogens is 3. The van der Waals surface area contributed by atoms with Crippen LogP contribution in [0.2, 0.25) is 0 Å². The van der Waals surface area contributed by atoms with Gasteiger partial charge in [-0.1, -0.05) is 60.7 Å². The van der Waals surface area contributed by atoms with E-state index in [9.17, 15) is 19.2 Å². The first-order valence-electron chi connectivity index (χ1n) is 16.8. The third-order valence-electron chi connectivity index (χ3n) is 12.1. The van der Waals surface area contributed by atoms with Gasteiger partial charge in [-0.2, -0.15) is 0 Å². The molecule has 13 rings (SSSR count). The van der Waals surface area contributed by atoms with Gasteiger partial charge in [0.25, 0.3) is 22.2 Å². The number of fused-ring (bicyclic) bond motifs is 12. The zero-order valence-electron chi connectivity index (χ0n) is 26.3. The van der Waals surface area contributed by atoms with E-state index in [0.29, 0.717) is 43.3 Å². The van der Waals surface area contributed by atoms with Crippen molar-refractivity contribution in [1.82, 2.24) is 13.7 Å². The first kappa shape index (κ1) is 25.5. The Labute approximate surface area is 277 Å². The highest BCUT2D eigenvalue weighted by Gasteiger charge is 2.34. The summed E-state index contributed by atoms with van der Waals surface area (Å²) in [5, 5.41) is 11.6. The molecular formula is C41H21N5O4. The van der Waals surface area contributed by atoms with Crippen molar-refractivity contribution in [2.24, 2.45) is 17.0 Å². The molecule has 3 aromatic heterocycles. The molecule has 0 amide bonds. The normalized spacial score (nSPS) is 22.0. The smallest absolute Gasteiger partial charge is 0.261 e. The van der Waals surface area contributed by atoms with E-state index in [2.05, 4.69) is 0 Å². The Bertz CT molecular complexity index is 3430. The Morgan fingerprint density at radius 2 is 0.840 bits per heavy atom. The number of allylic oxidation sites excluding steroid dienone is 4. The van der Waals surface area contributed by atoms with Gasteiger partial charge in [0.1, 0.15) is 11.0 Å². The predicted octanol–water partition coefficient (Wildman–Crippen LogP) is 4.38. The molecule has 4 aliphatic rings. The summed E-state index contributed by atoms with van der Waals surface area (Å²) in [7, 11) is 1.53. The van der Waals surface area contributed by atoms with Crippen molar-refractivity contribution >= 4 is 86.2 Å². The van der Waals surface area contributed by atoms with Crippen LogP contribution in [-0.4, -0.2) is 25.8 Å². The molecule has 6 aromatic carbocycles. The molecule has 0 fully saturated rings. The molecule has 0 radical (unpaired) electrons. The molecule has 234 valence electrons. The lowest BCUT2D eigenvalue weighted by Crippen LogP contribution is -2.34. The van der Waals surface area contributed by atoms with E-state index < -0.39 is 0 Å². The first-order chi connectivity index (χ1) is 24.4. The van der Waals surface area contributed by atoms with Crippen LogP contribution in [0.4, 0.5) is 0 Å². The van der Waals surface area contributed by atoms with Crippen LogP contribution in [0, 0.1) is 0 Å². The topological polar surface area (TPSA) is 108 Å². The van der Waals surface area contributed by atoms with Crippen molar-refractivity contribution in [1.29, 1.82) is 0 Å². The van der Waals surface area contributed by atoms with Crippen molar-refractivity contribution in [3.63, 3.8) is 0 Å². The van der Waals surface area contributed by atoms with Crippen molar-refractivity contribution in [3.05, 3.63) is 137 Å². The standard InChI is InChI=1S/C41H21N5O4/c1-44-40(49)34-20-14-22-28-18(38(47)45-26-8-4-2-6-24(26)42-36(22)45)12-10-16-17-11-13-19-29-23(37-43-25-7-3-5-9-27(25)46(37)39(19)48)15-21(35(34)41(44)50)33(31(17)29)32(20)30(16)28/h2-15,24-27H,1H3.